The van der Waals surface area contributed by atoms with E-state index in [1.54, 1.807) is 19.1 Å². The largest absolute Gasteiger partial charge is 1.00 e. The molecule has 1 aromatic carbocycles. The van der Waals surface area contributed by atoms with Crippen molar-refractivity contribution in [2.75, 3.05) is 10.2 Å². The van der Waals surface area contributed by atoms with Gasteiger partial charge in [-0.1, -0.05) is 28.7 Å². The second kappa shape index (κ2) is 8.72. The van der Waals surface area contributed by atoms with Crippen LogP contribution in [0.2, 0.25) is 0 Å². The first-order valence-corrected chi connectivity index (χ1v) is 7.91. The second-order valence-electron chi connectivity index (χ2n) is 3.38. The zero-order valence-electron chi connectivity index (χ0n) is 10.2. The van der Waals surface area contributed by atoms with Crippen LogP contribution in [-0.4, -0.2) is 18.6 Å². The van der Waals surface area contributed by atoms with E-state index in [1.807, 2.05) is 22.6 Å². The van der Waals surface area contributed by atoms with E-state index in [1.165, 1.54) is 6.07 Å². The molecule has 0 saturated carbocycles. The molecule has 0 heterocycles. The first kappa shape index (κ1) is 18.6. The molecule has 18 heavy (non-hydrogen) atoms. The van der Waals surface area contributed by atoms with Crippen molar-refractivity contribution in [2.24, 2.45) is 0 Å². The summed E-state index contributed by atoms with van der Waals surface area (Å²) in [5, 5.41) is 10.1. The number of halogens is 1. The molecule has 0 saturated heterocycles. The molecule has 0 aromatic heterocycles. The van der Waals surface area contributed by atoms with Crippen molar-refractivity contribution in [1.82, 2.24) is 0 Å². The van der Waals surface area contributed by atoms with Crippen LogP contribution in [-0.2, 0) is 21.6 Å². The topological polar surface area (TPSA) is 75.7 Å². The first-order chi connectivity index (χ1) is 7.98. The zero-order valence-corrected chi connectivity index (χ0v) is 15.2. The molecule has 0 aliphatic carbocycles. The SMILES string of the molecule is Cc1ccc(OS(=O)(=O)CCI)cc1CO[O-].[Na+]. The molecule has 0 unspecified atom stereocenters. The van der Waals surface area contributed by atoms with Gasteiger partial charge >= 0.3 is 39.7 Å². The molecule has 96 valence electrons. The molecule has 1 aromatic rings. The Morgan fingerprint density at radius 3 is 2.61 bits per heavy atom. The van der Waals surface area contributed by atoms with Gasteiger partial charge in [0.15, 0.2) is 0 Å². The predicted molar refractivity (Wildman–Crippen MR) is 69.3 cm³/mol. The van der Waals surface area contributed by atoms with Gasteiger partial charge in [-0.15, -0.1) is 0 Å². The van der Waals surface area contributed by atoms with Crippen LogP contribution in [0.25, 0.3) is 0 Å². The van der Waals surface area contributed by atoms with Gasteiger partial charge in [0.05, 0.1) is 12.4 Å². The van der Waals surface area contributed by atoms with Crippen LogP contribution in [0.3, 0.4) is 0 Å². The molecule has 0 radical (unpaired) electrons. The maximum absolute atomic E-state index is 11.4. The van der Waals surface area contributed by atoms with Gasteiger partial charge in [0, 0.05) is 4.43 Å². The number of aryl methyl sites for hydroxylation is 1. The Morgan fingerprint density at radius 1 is 1.39 bits per heavy atom. The second-order valence-corrected chi connectivity index (χ2v) is 6.15. The van der Waals surface area contributed by atoms with Crippen molar-refractivity contribution in [3.63, 3.8) is 0 Å². The summed E-state index contributed by atoms with van der Waals surface area (Å²) in [4.78, 5) is 3.79. The summed E-state index contributed by atoms with van der Waals surface area (Å²) in [6.45, 7) is 1.69. The van der Waals surface area contributed by atoms with E-state index in [0.29, 0.717) is 9.99 Å². The number of hydrogen-bond donors (Lipinski definition) is 0. The van der Waals surface area contributed by atoms with Gasteiger partial charge in [0.1, 0.15) is 5.75 Å². The molecular weight excluding hydrogens is 382 g/mol. The summed E-state index contributed by atoms with van der Waals surface area (Å²) >= 11 is 1.96. The zero-order chi connectivity index (χ0) is 12.9. The van der Waals surface area contributed by atoms with Gasteiger partial charge < -0.3 is 14.3 Å². The average molecular weight is 394 g/mol. The number of hydrogen-bond acceptors (Lipinski definition) is 5. The van der Waals surface area contributed by atoms with Crippen LogP contribution in [0.5, 0.6) is 5.75 Å². The standard InChI is InChI=1S/C10H13IO5S.Na/c1-8-2-3-10(6-9(8)7-15-12)16-17(13,14)5-4-11;/h2-3,6,12H,4-5,7H2,1H3;/q;+1/p-1. The van der Waals surface area contributed by atoms with Crippen molar-refractivity contribution in [3.8, 4) is 5.75 Å². The smallest absolute Gasteiger partial charge is 0.723 e. The van der Waals surface area contributed by atoms with Crippen LogP contribution < -0.4 is 39.0 Å². The Balaban J connectivity index is 0.00000289. The minimum Gasteiger partial charge on any atom is -0.723 e. The third-order valence-corrected chi connectivity index (χ3v) is 4.51. The van der Waals surface area contributed by atoms with Gasteiger partial charge in [-0.05, 0) is 30.2 Å². The van der Waals surface area contributed by atoms with Gasteiger partial charge in [-0.3, -0.25) is 0 Å². The molecule has 0 aliphatic heterocycles. The molecule has 8 heteroatoms. The van der Waals surface area contributed by atoms with E-state index in [9.17, 15) is 13.7 Å². The first-order valence-electron chi connectivity index (χ1n) is 4.81. The van der Waals surface area contributed by atoms with Crippen LogP contribution in [0.15, 0.2) is 18.2 Å². The molecule has 5 nitrogen and oxygen atoms in total. The fourth-order valence-electron chi connectivity index (χ4n) is 1.20. The van der Waals surface area contributed by atoms with Crippen molar-refractivity contribution >= 4 is 32.7 Å². The van der Waals surface area contributed by atoms with Crippen LogP contribution >= 0.6 is 22.6 Å². The van der Waals surface area contributed by atoms with Gasteiger partial charge in [0.25, 0.3) is 0 Å². The minimum absolute atomic E-state index is 0. The van der Waals surface area contributed by atoms with E-state index >= 15 is 0 Å². The fourth-order valence-corrected chi connectivity index (χ4v) is 3.49. The summed E-state index contributed by atoms with van der Waals surface area (Å²) in [6, 6.07) is 4.73. The molecule has 1 rings (SSSR count). The monoisotopic (exact) mass is 394 g/mol. The van der Waals surface area contributed by atoms with Gasteiger partial charge in [-0.25, -0.2) is 0 Å². The number of benzene rings is 1. The van der Waals surface area contributed by atoms with E-state index in [2.05, 4.69) is 4.89 Å². The predicted octanol–water partition coefficient (Wildman–Crippen LogP) is -2.07. The Hall–Kier alpha value is 0.620. The van der Waals surface area contributed by atoms with Crippen LogP contribution in [0.4, 0.5) is 0 Å². The fraction of sp³-hybridized carbons (Fsp3) is 0.400. The van der Waals surface area contributed by atoms with Crippen molar-refractivity contribution < 1.29 is 52.3 Å². The summed E-state index contributed by atoms with van der Waals surface area (Å²) < 4.78 is 28.2. The molecule has 0 amide bonds. The van der Waals surface area contributed by atoms with Crippen LogP contribution in [0.1, 0.15) is 11.1 Å². The third kappa shape index (κ3) is 6.18. The van der Waals surface area contributed by atoms with Gasteiger partial charge in [0.2, 0.25) is 0 Å². The number of alkyl halides is 1. The van der Waals surface area contributed by atoms with Crippen molar-refractivity contribution in [1.29, 1.82) is 0 Å². The summed E-state index contributed by atoms with van der Waals surface area (Å²) in [5.41, 5.74) is 1.46. The molecule has 0 N–H and O–H groups in total. The van der Waals surface area contributed by atoms with E-state index in [0.717, 1.165) is 5.56 Å². The summed E-state index contributed by atoms with van der Waals surface area (Å²) in [6.07, 6.45) is 0. The maximum atomic E-state index is 11.4. The van der Waals surface area contributed by atoms with Crippen molar-refractivity contribution in [3.05, 3.63) is 29.3 Å². The van der Waals surface area contributed by atoms with Gasteiger partial charge in [-0.2, -0.15) is 8.42 Å². The molecule has 0 fully saturated rings. The summed E-state index contributed by atoms with van der Waals surface area (Å²) in [5.74, 6) is 0.155. The van der Waals surface area contributed by atoms with E-state index < -0.39 is 10.1 Å². The van der Waals surface area contributed by atoms with E-state index in [-0.39, 0.29) is 47.7 Å². The van der Waals surface area contributed by atoms with Crippen LogP contribution in [0, 0.1) is 6.92 Å². The molecule has 0 spiro atoms. The Kier molecular flexibility index (Phi) is 9.02. The summed E-state index contributed by atoms with van der Waals surface area (Å²) in [7, 11) is -3.56. The third-order valence-electron chi connectivity index (χ3n) is 2.09. The Labute approximate surface area is 142 Å². The maximum Gasteiger partial charge on any atom is 1.00 e. The van der Waals surface area contributed by atoms with Crippen molar-refractivity contribution in [2.45, 2.75) is 13.5 Å². The minimum atomic E-state index is -3.56. The molecular formula is C10H12INaO5S. The molecule has 0 aliphatic rings. The average Bonchev–Trinajstić information content (AvgIpc) is 2.23. The normalized spacial score (nSPS) is 10.8. The molecule has 0 bridgehead atoms. The Morgan fingerprint density at radius 2 is 2.06 bits per heavy atom. The number of rotatable bonds is 6. The molecule has 0 atom stereocenters. The quantitative estimate of drug-likeness (QED) is 0.139. The Bertz CT molecular complexity index is 477. The van der Waals surface area contributed by atoms with E-state index in [4.69, 9.17) is 4.18 Å².